The fraction of sp³-hybridized carbons (Fsp3) is 0.857. The van der Waals surface area contributed by atoms with Gasteiger partial charge < -0.3 is 20.8 Å². The van der Waals surface area contributed by atoms with Crippen molar-refractivity contribution >= 4 is 5.84 Å². The molecule has 1 aliphatic heterocycles. The number of hydrogen-bond donors (Lipinski definition) is 3. The fourth-order valence-corrected chi connectivity index (χ4v) is 1.30. The zero-order chi connectivity index (χ0) is 9.68. The highest BCUT2D eigenvalue weighted by molar-refractivity contribution is 5.81. The van der Waals surface area contributed by atoms with Gasteiger partial charge in [0.25, 0.3) is 0 Å². The molecule has 6 heteroatoms. The number of aliphatic hydroxyl groups is 1. The average Bonchev–Trinajstić information content (AvgIpc) is 2.18. The Kier molecular flexibility index (Phi) is 3.94. The molecule has 4 N–H and O–H groups in total. The number of ether oxygens (including phenoxy) is 1. The summed E-state index contributed by atoms with van der Waals surface area (Å²) in [4.78, 5) is 1.97. The number of nitrogens with zero attached hydrogens (tertiary/aromatic N) is 2. The van der Waals surface area contributed by atoms with Crippen molar-refractivity contribution in [3.8, 4) is 0 Å². The number of aliphatic hydroxyl groups excluding tert-OH is 1. The first-order valence-electron chi connectivity index (χ1n) is 4.17. The number of hydrogen-bond acceptors (Lipinski definition) is 5. The standard InChI is InChI=1S/C7H15N3O3/c8-7(9-12)4-10-1-2-13-6(3-10)5-11/h6,11-12H,1-5H2,(H2,8,9). The Labute approximate surface area is 76.6 Å². The molecule has 1 atom stereocenters. The monoisotopic (exact) mass is 189 g/mol. The van der Waals surface area contributed by atoms with Crippen molar-refractivity contribution < 1.29 is 15.1 Å². The second-order valence-corrected chi connectivity index (χ2v) is 3.00. The molecule has 13 heavy (non-hydrogen) atoms. The van der Waals surface area contributed by atoms with Crippen molar-refractivity contribution in [3.63, 3.8) is 0 Å². The summed E-state index contributed by atoms with van der Waals surface area (Å²) in [6, 6.07) is 0. The van der Waals surface area contributed by atoms with Gasteiger partial charge in [-0.15, -0.1) is 0 Å². The lowest BCUT2D eigenvalue weighted by Gasteiger charge is -2.31. The molecule has 0 amide bonds. The molecule has 76 valence electrons. The summed E-state index contributed by atoms with van der Waals surface area (Å²) in [5.74, 6) is 0.179. The van der Waals surface area contributed by atoms with Crippen LogP contribution < -0.4 is 5.73 Å². The Morgan fingerprint density at radius 1 is 1.69 bits per heavy atom. The Bertz CT molecular complexity index is 186. The first kappa shape index (κ1) is 10.2. The summed E-state index contributed by atoms with van der Waals surface area (Å²) in [6.07, 6.45) is -0.153. The highest BCUT2D eigenvalue weighted by atomic mass is 16.5. The summed E-state index contributed by atoms with van der Waals surface area (Å²) >= 11 is 0. The number of morpholine rings is 1. The maximum Gasteiger partial charge on any atom is 0.153 e. The largest absolute Gasteiger partial charge is 0.409 e. The van der Waals surface area contributed by atoms with Gasteiger partial charge in [0.05, 0.1) is 25.9 Å². The summed E-state index contributed by atoms with van der Waals surface area (Å²) in [7, 11) is 0. The number of nitrogens with two attached hydrogens (primary N) is 1. The molecule has 1 rings (SSSR count). The maximum absolute atomic E-state index is 8.84. The third kappa shape index (κ3) is 3.17. The minimum Gasteiger partial charge on any atom is -0.409 e. The van der Waals surface area contributed by atoms with Crippen LogP contribution in [0.2, 0.25) is 0 Å². The van der Waals surface area contributed by atoms with E-state index in [1.165, 1.54) is 0 Å². The van der Waals surface area contributed by atoms with Crippen LogP contribution in [0.4, 0.5) is 0 Å². The van der Waals surface area contributed by atoms with Crippen molar-refractivity contribution in [3.05, 3.63) is 0 Å². The Balaban J connectivity index is 2.34. The van der Waals surface area contributed by atoms with Crippen LogP contribution in [-0.2, 0) is 4.74 Å². The zero-order valence-corrected chi connectivity index (χ0v) is 7.39. The Hall–Kier alpha value is -0.850. The van der Waals surface area contributed by atoms with Crippen LogP contribution in [0.1, 0.15) is 0 Å². The van der Waals surface area contributed by atoms with Gasteiger partial charge in [-0.2, -0.15) is 0 Å². The fourth-order valence-electron chi connectivity index (χ4n) is 1.30. The van der Waals surface area contributed by atoms with Crippen molar-refractivity contribution in [2.24, 2.45) is 10.9 Å². The average molecular weight is 189 g/mol. The first-order chi connectivity index (χ1) is 6.26. The molecule has 1 aliphatic rings. The van der Waals surface area contributed by atoms with E-state index in [0.717, 1.165) is 6.54 Å². The SMILES string of the molecule is N/C(CN1CCOC(CO)C1)=N\O. The number of oxime groups is 1. The molecule has 6 nitrogen and oxygen atoms in total. The Morgan fingerprint density at radius 2 is 2.46 bits per heavy atom. The van der Waals surface area contributed by atoms with E-state index in [9.17, 15) is 0 Å². The first-order valence-corrected chi connectivity index (χ1v) is 4.17. The van der Waals surface area contributed by atoms with Crippen LogP contribution in [0.5, 0.6) is 0 Å². The summed E-state index contributed by atoms with van der Waals surface area (Å²) < 4.78 is 5.24. The van der Waals surface area contributed by atoms with E-state index in [1.807, 2.05) is 4.90 Å². The molecule has 0 aliphatic carbocycles. The summed E-state index contributed by atoms with van der Waals surface area (Å²) in [5, 5.41) is 20.1. The van der Waals surface area contributed by atoms with Gasteiger partial charge in [0.2, 0.25) is 0 Å². The van der Waals surface area contributed by atoms with Gasteiger partial charge >= 0.3 is 0 Å². The molecule has 1 saturated heterocycles. The molecule has 0 radical (unpaired) electrons. The topological polar surface area (TPSA) is 91.3 Å². The van der Waals surface area contributed by atoms with Crippen LogP contribution in [0.3, 0.4) is 0 Å². The third-order valence-electron chi connectivity index (χ3n) is 1.94. The number of amidine groups is 1. The third-order valence-corrected chi connectivity index (χ3v) is 1.94. The second-order valence-electron chi connectivity index (χ2n) is 3.00. The Morgan fingerprint density at radius 3 is 3.08 bits per heavy atom. The molecule has 0 spiro atoms. The van der Waals surface area contributed by atoms with Gasteiger partial charge in [-0.3, -0.25) is 4.90 Å². The minimum atomic E-state index is -0.153. The van der Waals surface area contributed by atoms with E-state index in [-0.39, 0.29) is 18.5 Å². The highest BCUT2D eigenvalue weighted by Crippen LogP contribution is 2.03. The van der Waals surface area contributed by atoms with E-state index < -0.39 is 0 Å². The van der Waals surface area contributed by atoms with Crippen LogP contribution in [0, 0.1) is 0 Å². The lowest BCUT2D eigenvalue weighted by Crippen LogP contribution is -2.47. The molecular weight excluding hydrogens is 174 g/mol. The molecule has 0 saturated carbocycles. The van der Waals surface area contributed by atoms with Gasteiger partial charge in [0.1, 0.15) is 0 Å². The van der Waals surface area contributed by atoms with Crippen molar-refractivity contribution in [2.45, 2.75) is 6.10 Å². The van der Waals surface area contributed by atoms with Gasteiger partial charge in [0, 0.05) is 13.1 Å². The van der Waals surface area contributed by atoms with E-state index in [4.69, 9.17) is 20.8 Å². The second kappa shape index (κ2) is 5.00. The normalized spacial score (nSPS) is 26.2. The lowest BCUT2D eigenvalue weighted by atomic mass is 10.3. The molecule has 0 aromatic carbocycles. The van der Waals surface area contributed by atoms with Gasteiger partial charge in [-0.05, 0) is 0 Å². The van der Waals surface area contributed by atoms with E-state index >= 15 is 0 Å². The lowest BCUT2D eigenvalue weighted by molar-refractivity contribution is -0.0486. The predicted molar refractivity (Wildman–Crippen MR) is 46.7 cm³/mol. The van der Waals surface area contributed by atoms with E-state index in [2.05, 4.69) is 5.16 Å². The van der Waals surface area contributed by atoms with Crippen LogP contribution in [-0.4, -0.2) is 60.0 Å². The highest BCUT2D eigenvalue weighted by Gasteiger charge is 2.19. The van der Waals surface area contributed by atoms with E-state index in [1.54, 1.807) is 0 Å². The van der Waals surface area contributed by atoms with Crippen molar-refractivity contribution in [1.29, 1.82) is 0 Å². The van der Waals surface area contributed by atoms with Gasteiger partial charge in [0.15, 0.2) is 5.84 Å². The van der Waals surface area contributed by atoms with Crippen molar-refractivity contribution in [1.82, 2.24) is 4.90 Å². The maximum atomic E-state index is 8.84. The van der Waals surface area contributed by atoms with E-state index in [0.29, 0.717) is 19.7 Å². The molecule has 0 bridgehead atoms. The van der Waals surface area contributed by atoms with Crippen LogP contribution in [0.15, 0.2) is 5.16 Å². The van der Waals surface area contributed by atoms with Gasteiger partial charge in [-0.1, -0.05) is 5.16 Å². The van der Waals surface area contributed by atoms with Crippen LogP contribution in [0.25, 0.3) is 0 Å². The summed E-state index contributed by atoms with van der Waals surface area (Å²) in [5.41, 5.74) is 5.35. The number of rotatable bonds is 3. The predicted octanol–water partition coefficient (Wildman–Crippen LogP) is -1.57. The zero-order valence-electron chi connectivity index (χ0n) is 7.39. The smallest absolute Gasteiger partial charge is 0.153 e. The van der Waals surface area contributed by atoms with Crippen LogP contribution >= 0.6 is 0 Å². The minimum absolute atomic E-state index is 0.00662. The molecule has 1 heterocycles. The van der Waals surface area contributed by atoms with Gasteiger partial charge in [-0.25, -0.2) is 0 Å². The molecule has 1 fully saturated rings. The van der Waals surface area contributed by atoms with Crippen molar-refractivity contribution in [2.75, 3.05) is 32.8 Å². The summed E-state index contributed by atoms with van der Waals surface area (Å²) in [6.45, 7) is 2.35. The molecule has 0 aromatic heterocycles. The molecular formula is C7H15N3O3. The molecule has 0 aromatic rings. The quantitative estimate of drug-likeness (QED) is 0.216. The molecule has 1 unspecified atom stereocenters.